The van der Waals surface area contributed by atoms with Crippen LogP contribution in [0.25, 0.3) is 27.6 Å². The molecule has 150 valence electrons. The normalized spacial score (nSPS) is 11.6. The summed E-state index contributed by atoms with van der Waals surface area (Å²) in [5.74, 6) is -1.19. The molecule has 0 spiro atoms. The molecule has 0 aliphatic rings. The molecule has 0 aliphatic carbocycles. The van der Waals surface area contributed by atoms with E-state index < -0.39 is 23.2 Å². The predicted molar refractivity (Wildman–Crippen MR) is 103 cm³/mol. The summed E-state index contributed by atoms with van der Waals surface area (Å²) in [6, 6.07) is 2.49. The van der Waals surface area contributed by atoms with Crippen LogP contribution in [-0.4, -0.2) is 37.1 Å². The molecule has 1 aromatic carbocycles. The number of benzene rings is 1. The first-order chi connectivity index (χ1) is 13.9. The van der Waals surface area contributed by atoms with Gasteiger partial charge in [-0.3, -0.25) is 9.89 Å². The second-order valence-corrected chi connectivity index (χ2v) is 7.10. The monoisotopic (exact) mass is 400 g/mol. The van der Waals surface area contributed by atoms with Crippen molar-refractivity contribution in [3.05, 3.63) is 52.6 Å². The van der Waals surface area contributed by atoms with E-state index in [9.17, 15) is 18.4 Å². The van der Waals surface area contributed by atoms with Crippen molar-refractivity contribution >= 4 is 28.0 Å². The zero-order valence-corrected chi connectivity index (χ0v) is 15.7. The number of rotatable bonds is 4. The highest BCUT2D eigenvalue weighted by Crippen LogP contribution is 2.21. The number of H-pyrrole nitrogens is 1. The van der Waals surface area contributed by atoms with E-state index in [4.69, 9.17) is 0 Å². The number of carbonyl (C=O) groups is 1. The lowest BCUT2D eigenvalue weighted by Gasteiger charge is -2.07. The molecule has 8 nitrogen and oxygen atoms in total. The summed E-state index contributed by atoms with van der Waals surface area (Å²) >= 11 is 0. The van der Waals surface area contributed by atoms with Crippen molar-refractivity contribution < 1.29 is 13.6 Å². The Balaban J connectivity index is 1.78. The van der Waals surface area contributed by atoms with Gasteiger partial charge in [0.15, 0.2) is 11.5 Å². The van der Waals surface area contributed by atoms with Crippen LogP contribution in [-0.2, 0) is 0 Å². The van der Waals surface area contributed by atoms with Crippen LogP contribution in [0.2, 0.25) is 0 Å². The average molecular weight is 400 g/mol. The maximum absolute atomic E-state index is 14.1. The maximum Gasteiger partial charge on any atom is 0.344 e. The molecule has 0 saturated carbocycles. The average Bonchev–Trinajstić information content (AvgIpc) is 3.23. The molecule has 0 fully saturated rings. The molecule has 0 atom stereocenters. The van der Waals surface area contributed by atoms with Crippen LogP contribution in [0.5, 0.6) is 0 Å². The molecule has 10 heteroatoms. The van der Waals surface area contributed by atoms with Crippen molar-refractivity contribution in [1.29, 1.82) is 0 Å². The van der Waals surface area contributed by atoms with E-state index >= 15 is 0 Å². The lowest BCUT2D eigenvalue weighted by Crippen LogP contribution is -2.30. The lowest BCUT2D eigenvalue weighted by atomic mass is 10.1. The van der Waals surface area contributed by atoms with Gasteiger partial charge in [0.2, 0.25) is 0 Å². The van der Waals surface area contributed by atoms with Crippen LogP contribution in [0.4, 0.5) is 13.6 Å². The second-order valence-electron chi connectivity index (χ2n) is 7.10. The van der Waals surface area contributed by atoms with E-state index in [0.29, 0.717) is 29.4 Å². The summed E-state index contributed by atoms with van der Waals surface area (Å²) in [6.07, 6.45) is 3.53. The fourth-order valence-corrected chi connectivity index (χ4v) is 3.07. The maximum atomic E-state index is 14.1. The van der Waals surface area contributed by atoms with Gasteiger partial charge in [-0.1, -0.05) is 13.8 Å². The summed E-state index contributed by atoms with van der Waals surface area (Å²) in [5, 5.41) is 10.3. The lowest BCUT2D eigenvalue weighted by molar-refractivity contribution is 0.240. The number of carbonyl (C=O) groups excluding carboxylic acids is 1. The van der Waals surface area contributed by atoms with Gasteiger partial charge in [-0.2, -0.15) is 9.78 Å². The van der Waals surface area contributed by atoms with Crippen LogP contribution < -0.4 is 10.9 Å². The third kappa shape index (κ3) is 3.26. The number of nitrogens with zero attached hydrogens (tertiary/aromatic N) is 4. The number of hydrogen-bond donors (Lipinski definition) is 2. The van der Waals surface area contributed by atoms with Gasteiger partial charge in [0.05, 0.1) is 22.5 Å². The van der Waals surface area contributed by atoms with Crippen LogP contribution in [0.1, 0.15) is 20.3 Å². The number of aromatic amines is 1. The summed E-state index contributed by atoms with van der Waals surface area (Å²) in [5.41, 5.74) is -0.0638. The number of fused-ring (bicyclic) bond motifs is 3. The number of nitrogens with one attached hydrogen (secondary N) is 2. The molecule has 4 aromatic rings. The highest BCUT2D eigenvalue weighted by molar-refractivity contribution is 6.03. The summed E-state index contributed by atoms with van der Waals surface area (Å²) in [7, 11) is 0. The largest absolute Gasteiger partial charge is 0.344 e. The standard InChI is InChI=1S/C19H18F2N6O2/c1-10(2)5-6-22-19(29)27-17-12(9-24-27)16-13(8-23-17)18(28)26(25-16)15-4-3-11(20)7-14(15)21/h3-4,7-10,25H,5-6H2,1-2H3,(H,22,29). The van der Waals surface area contributed by atoms with E-state index in [1.807, 2.05) is 0 Å². The van der Waals surface area contributed by atoms with Crippen LogP contribution in [0.15, 0.2) is 35.4 Å². The Morgan fingerprint density at radius 2 is 2.03 bits per heavy atom. The van der Waals surface area contributed by atoms with E-state index in [0.717, 1.165) is 27.9 Å². The Kier molecular flexibility index (Phi) is 4.61. The summed E-state index contributed by atoms with van der Waals surface area (Å²) in [4.78, 5) is 29.3. The van der Waals surface area contributed by atoms with Crippen molar-refractivity contribution in [3.8, 4) is 5.69 Å². The van der Waals surface area contributed by atoms with Gasteiger partial charge in [-0.05, 0) is 24.5 Å². The third-order valence-corrected chi connectivity index (χ3v) is 4.60. The smallest absolute Gasteiger partial charge is 0.336 e. The molecular formula is C19H18F2N6O2. The molecule has 3 aromatic heterocycles. The Morgan fingerprint density at radius 3 is 2.76 bits per heavy atom. The minimum absolute atomic E-state index is 0.125. The number of aromatic nitrogens is 5. The fourth-order valence-electron chi connectivity index (χ4n) is 3.07. The first-order valence-electron chi connectivity index (χ1n) is 9.08. The highest BCUT2D eigenvalue weighted by Gasteiger charge is 2.19. The van der Waals surface area contributed by atoms with Gasteiger partial charge in [0.25, 0.3) is 5.56 Å². The predicted octanol–water partition coefficient (Wildman–Crippen LogP) is 2.95. The van der Waals surface area contributed by atoms with E-state index in [1.165, 1.54) is 12.4 Å². The molecule has 0 saturated heterocycles. The van der Waals surface area contributed by atoms with Crippen LogP contribution >= 0.6 is 0 Å². The van der Waals surface area contributed by atoms with Gasteiger partial charge in [-0.25, -0.2) is 23.2 Å². The number of halogens is 2. The molecule has 0 unspecified atom stereocenters. The van der Waals surface area contributed by atoms with Crippen molar-refractivity contribution in [1.82, 2.24) is 29.9 Å². The Morgan fingerprint density at radius 1 is 1.24 bits per heavy atom. The molecule has 0 radical (unpaired) electrons. The van der Waals surface area contributed by atoms with Crippen molar-refractivity contribution in [3.63, 3.8) is 0 Å². The molecule has 1 amide bonds. The third-order valence-electron chi connectivity index (χ3n) is 4.60. The van der Waals surface area contributed by atoms with E-state index in [-0.39, 0.29) is 16.7 Å². The Bertz CT molecular complexity index is 1290. The molecular weight excluding hydrogens is 382 g/mol. The number of pyridine rings is 1. The van der Waals surface area contributed by atoms with Crippen molar-refractivity contribution in [2.45, 2.75) is 20.3 Å². The zero-order valence-electron chi connectivity index (χ0n) is 15.7. The van der Waals surface area contributed by atoms with E-state index in [2.05, 4.69) is 34.3 Å². The Labute approximate surface area is 163 Å². The van der Waals surface area contributed by atoms with Crippen molar-refractivity contribution in [2.24, 2.45) is 5.92 Å². The van der Waals surface area contributed by atoms with Gasteiger partial charge < -0.3 is 5.32 Å². The molecule has 0 bridgehead atoms. The van der Waals surface area contributed by atoms with Gasteiger partial charge >= 0.3 is 6.03 Å². The van der Waals surface area contributed by atoms with Crippen molar-refractivity contribution in [2.75, 3.05) is 6.54 Å². The molecule has 29 heavy (non-hydrogen) atoms. The van der Waals surface area contributed by atoms with E-state index in [1.54, 1.807) is 0 Å². The highest BCUT2D eigenvalue weighted by atomic mass is 19.1. The number of hydrogen-bond acceptors (Lipinski definition) is 4. The van der Waals surface area contributed by atoms with Gasteiger partial charge in [-0.15, -0.1) is 0 Å². The molecule has 0 aliphatic heterocycles. The first kappa shape index (κ1) is 18.8. The van der Waals surface area contributed by atoms with Crippen LogP contribution in [0, 0.1) is 17.6 Å². The number of amides is 1. The van der Waals surface area contributed by atoms with Gasteiger partial charge in [0, 0.05) is 18.8 Å². The summed E-state index contributed by atoms with van der Waals surface area (Å²) in [6.45, 7) is 4.61. The zero-order chi connectivity index (χ0) is 20.7. The quantitative estimate of drug-likeness (QED) is 0.550. The second kappa shape index (κ2) is 7.12. The topological polar surface area (TPSA) is 97.6 Å². The first-order valence-corrected chi connectivity index (χ1v) is 9.08. The minimum Gasteiger partial charge on any atom is -0.336 e. The SMILES string of the molecule is CC(C)CCNC(=O)n1ncc2c3[nH]n(-c4ccc(F)cc4F)c(=O)c3cnc21. The molecule has 2 N–H and O–H groups in total. The van der Waals surface area contributed by atoms with Gasteiger partial charge in [0.1, 0.15) is 11.5 Å². The molecule has 3 heterocycles. The Hall–Kier alpha value is -3.56. The van der Waals surface area contributed by atoms with Crippen LogP contribution in [0.3, 0.4) is 0 Å². The minimum atomic E-state index is -0.886. The molecule has 4 rings (SSSR count). The summed E-state index contributed by atoms with van der Waals surface area (Å²) < 4.78 is 29.4. The fraction of sp³-hybridized carbons (Fsp3) is 0.263.